The largest absolute Gasteiger partial charge is 0.376 e. The van der Waals surface area contributed by atoms with Gasteiger partial charge in [-0.25, -0.2) is 4.79 Å². The van der Waals surface area contributed by atoms with Gasteiger partial charge in [-0.2, -0.15) is 0 Å². The normalized spacial score (nSPS) is 19.2. The number of urea groups is 1. The van der Waals surface area contributed by atoms with E-state index in [9.17, 15) is 4.79 Å². The summed E-state index contributed by atoms with van der Waals surface area (Å²) in [6.45, 7) is 1.98. The maximum Gasteiger partial charge on any atom is 0.315 e. The lowest BCUT2D eigenvalue weighted by atomic mass is 10.2. The molecule has 1 fully saturated rings. The highest BCUT2D eigenvalue weighted by molar-refractivity contribution is 9.10. The number of ether oxygens (including phenoxy) is 1. The first-order valence-electron chi connectivity index (χ1n) is 5.60. The number of halogens is 1. The molecule has 0 unspecified atom stereocenters. The van der Waals surface area contributed by atoms with Crippen LogP contribution < -0.4 is 10.6 Å². The molecule has 2 heterocycles. The Morgan fingerprint density at radius 2 is 2.47 bits per heavy atom. The highest BCUT2D eigenvalue weighted by Crippen LogP contribution is 2.19. The lowest BCUT2D eigenvalue weighted by Gasteiger charge is -2.11. The molecular weight excluding hydrogens is 304 g/mol. The first-order valence-corrected chi connectivity index (χ1v) is 7.27. The third-order valence-electron chi connectivity index (χ3n) is 2.56. The minimum absolute atomic E-state index is 0.134. The summed E-state index contributed by atoms with van der Waals surface area (Å²) in [5, 5.41) is 7.64. The van der Waals surface area contributed by atoms with Crippen molar-refractivity contribution in [1.82, 2.24) is 10.6 Å². The van der Waals surface area contributed by atoms with Gasteiger partial charge in [0, 0.05) is 27.9 Å². The van der Waals surface area contributed by atoms with Crippen LogP contribution in [0.15, 0.2) is 15.9 Å². The van der Waals surface area contributed by atoms with Crippen molar-refractivity contribution in [2.24, 2.45) is 0 Å². The van der Waals surface area contributed by atoms with Crippen LogP contribution in [-0.2, 0) is 11.3 Å². The van der Waals surface area contributed by atoms with Gasteiger partial charge in [-0.3, -0.25) is 0 Å². The standard InChI is InChI=1S/C11H15BrN2O2S/c12-8-4-10(17-7-8)6-14-11(15)13-5-9-2-1-3-16-9/h4,7,9H,1-3,5-6H2,(H2,13,14,15)/t9-/m0/s1. The summed E-state index contributed by atoms with van der Waals surface area (Å²) in [5.74, 6) is 0. The number of thiophene rings is 1. The molecule has 6 heteroatoms. The number of rotatable bonds is 4. The van der Waals surface area contributed by atoms with Crippen LogP contribution in [0.3, 0.4) is 0 Å². The molecule has 1 aromatic rings. The van der Waals surface area contributed by atoms with Crippen molar-refractivity contribution >= 4 is 33.3 Å². The maximum atomic E-state index is 11.5. The Hall–Kier alpha value is -0.590. The Balaban J connectivity index is 1.63. The zero-order chi connectivity index (χ0) is 12.1. The molecule has 0 aromatic carbocycles. The van der Waals surface area contributed by atoms with E-state index in [0.29, 0.717) is 13.1 Å². The van der Waals surface area contributed by atoms with E-state index in [0.717, 1.165) is 28.8 Å². The number of hydrogen-bond donors (Lipinski definition) is 2. The molecule has 1 aliphatic rings. The first kappa shape index (κ1) is 12.9. The van der Waals surface area contributed by atoms with Gasteiger partial charge in [-0.1, -0.05) is 0 Å². The molecule has 1 saturated heterocycles. The molecule has 0 radical (unpaired) electrons. The quantitative estimate of drug-likeness (QED) is 0.896. The van der Waals surface area contributed by atoms with Crippen LogP contribution in [0.5, 0.6) is 0 Å². The first-order chi connectivity index (χ1) is 8.24. The van der Waals surface area contributed by atoms with Crippen molar-refractivity contribution in [2.75, 3.05) is 13.2 Å². The summed E-state index contributed by atoms with van der Waals surface area (Å²) < 4.78 is 6.48. The highest BCUT2D eigenvalue weighted by atomic mass is 79.9. The molecule has 0 aliphatic carbocycles. The predicted molar refractivity (Wildman–Crippen MR) is 71.2 cm³/mol. The molecule has 4 nitrogen and oxygen atoms in total. The summed E-state index contributed by atoms with van der Waals surface area (Å²) in [6, 6.07) is 1.87. The monoisotopic (exact) mass is 318 g/mol. The van der Waals surface area contributed by atoms with Gasteiger partial charge in [-0.05, 0) is 34.8 Å². The Morgan fingerprint density at radius 3 is 3.12 bits per heavy atom. The molecule has 0 spiro atoms. The highest BCUT2D eigenvalue weighted by Gasteiger charge is 2.15. The zero-order valence-electron chi connectivity index (χ0n) is 9.37. The molecule has 17 heavy (non-hydrogen) atoms. The van der Waals surface area contributed by atoms with E-state index in [2.05, 4.69) is 26.6 Å². The van der Waals surface area contributed by atoms with Gasteiger partial charge in [0.2, 0.25) is 0 Å². The van der Waals surface area contributed by atoms with Crippen LogP contribution in [0, 0.1) is 0 Å². The van der Waals surface area contributed by atoms with Crippen molar-refractivity contribution in [3.8, 4) is 0 Å². The minimum atomic E-state index is -0.134. The Bertz CT molecular complexity index is 377. The third kappa shape index (κ3) is 4.29. The van der Waals surface area contributed by atoms with E-state index in [1.54, 1.807) is 11.3 Å². The van der Waals surface area contributed by atoms with Gasteiger partial charge in [-0.15, -0.1) is 11.3 Å². The third-order valence-corrected chi connectivity index (χ3v) is 4.26. The van der Waals surface area contributed by atoms with Crippen LogP contribution in [0.2, 0.25) is 0 Å². The predicted octanol–water partition coefficient (Wildman–Crippen LogP) is 2.49. The zero-order valence-corrected chi connectivity index (χ0v) is 11.8. The van der Waals surface area contributed by atoms with Crippen LogP contribution in [0.25, 0.3) is 0 Å². The average molecular weight is 319 g/mol. The Labute approximate surface area is 113 Å². The Kier molecular flexibility index (Phi) is 4.82. The van der Waals surface area contributed by atoms with Gasteiger partial charge < -0.3 is 15.4 Å². The van der Waals surface area contributed by atoms with Gasteiger partial charge in [0.15, 0.2) is 0 Å². The second-order valence-electron chi connectivity index (χ2n) is 3.93. The van der Waals surface area contributed by atoms with E-state index in [4.69, 9.17) is 4.74 Å². The van der Waals surface area contributed by atoms with Crippen molar-refractivity contribution in [2.45, 2.75) is 25.5 Å². The second kappa shape index (κ2) is 6.37. The topological polar surface area (TPSA) is 50.4 Å². The fourth-order valence-electron chi connectivity index (χ4n) is 1.69. The molecule has 1 aliphatic heterocycles. The molecule has 94 valence electrons. The maximum absolute atomic E-state index is 11.5. The number of carbonyl (C=O) groups excluding carboxylic acids is 1. The molecule has 2 N–H and O–H groups in total. The molecule has 0 bridgehead atoms. The summed E-state index contributed by atoms with van der Waals surface area (Å²) in [4.78, 5) is 12.6. The summed E-state index contributed by atoms with van der Waals surface area (Å²) in [5.41, 5.74) is 0. The van der Waals surface area contributed by atoms with E-state index in [1.807, 2.05) is 11.4 Å². The summed E-state index contributed by atoms with van der Waals surface area (Å²) in [6.07, 6.45) is 2.33. The van der Waals surface area contributed by atoms with Gasteiger partial charge in [0.25, 0.3) is 0 Å². The van der Waals surface area contributed by atoms with Crippen molar-refractivity contribution in [1.29, 1.82) is 0 Å². The smallest absolute Gasteiger partial charge is 0.315 e. The van der Waals surface area contributed by atoms with Crippen LogP contribution >= 0.6 is 27.3 Å². The van der Waals surface area contributed by atoms with E-state index >= 15 is 0 Å². The summed E-state index contributed by atoms with van der Waals surface area (Å²) in [7, 11) is 0. The van der Waals surface area contributed by atoms with Crippen molar-refractivity contribution < 1.29 is 9.53 Å². The van der Waals surface area contributed by atoms with Crippen molar-refractivity contribution in [3.05, 3.63) is 20.8 Å². The molecule has 0 saturated carbocycles. The fraction of sp³-hybridized carbons (Fsp3) is 0.545. The molecule has 2 rings (SSSR count). The number of nitrogens with one attached hydrogen (secondary N) is 2. The van der Waals surface area contributed by atoms with Gasteiger partial charge >= 0.3 is 6.03 Å². The SMILES string of the molecule is O=C(NCc1cc(Br)cs1)NC[C@@H]1CCCO1. The van der Waals surface area contributed by atoms with E-state index < -0.39 is 0 Å². The van der Waals surface area contributed by atoms with Crippen molar-refractivity contribution in [3.63, 3.8) is 0 Å². The number of amides is 2. The average Bonchev–Trinajstić information content (AvgIpc) is 2.95. The molecule has 2 amide bonds. The number of carbonyl (C=O) groups is 1. The molecule has 1 atom stereocenters. The number of hydrogen-bond acceptors (Lipinski definition) is 3. The Morgan fingerprint density at radius 1 is 1.59 bits per heavy atom. The van der Waals surface area contributed by atoms with Gasteiger partial charge in [0.05, 0.1) is 12.6 Å². The second-order valence-corrected chi connectivity index (χ2v) is 5.84. The molecular formula is C11H15BrN2O2S. The minimum Gasteiger partial charge on any atom is -0.376 e. The molecule has 1 aromatic heterocycles. The van der Waals surface area contributed by atoms with E-state index in [1.165, 1.54) is 0 Å². The summed E-state index contributed by atoms with van der Waals surface area (Å²) >= 11 is 5.00. The van der Waals surface area contributed by atoms with Crippen LogP contribution in [0.1, 0.15) is 17.7 Å². The fourth-order valence-corrected chi connectivity index (χ4v) is 3.08. The van der Waals surface area contributed by atoms with E-state index in [-0.39, 0.29) is 12.1 Å². The van der Waals surface area contributed by atoms with Crippen LogP contribution in [0.4, 0.5) is 4.79 Å². The lowest BCUT2D eigenvalue weighted by molar-refractivity contribution is 0.111. The van der Waals surface area contributed by atoms with Crippen LogP contribution in [-0.4, -0.2) is 25.3 Å². The van der Waals surface area contributed by atoms with Gasteiger partial charge in [0.1, 0.15) is 0 Å². The lowest BCUT2D eigenvalue weighted by Crippen LogP contribution is -2.39.